The van der Waals surface area contributed by atoms with Gasteiger partial charge in [0, 0.05) is 31.6 Å². The van der Waals surface area contributed by atoms with Crippen LogP contribution < -0.4 is 9.64 Å². The third-order valence-corrected chi connectivity index (χ3v) is 5.43. The Labute approximate surface area is 167 Å². The quantitative estimate of drug-likeness (QED) is 0.759. The Morgan fingerprint density at radius 2 is 1.86 bits per heavy atom. The van der Waals surface area contributed by atoms with E-state index < -0.39 is 18.5 Å². The zero-order valence-electron chi connectivity index (χ0n) is 15.5. The van der Waals surface area contributed by atoms with E-state index in [2.05, 4.69) is 34.3 Å². The molecule has 4 rings (SSSR count). The third kappa shape index (κ3) is 4.05. The minimum atomic E-state index is -4.35. The van der Waals surface area contributed by atoms with Gasteiger partial charge in [0.2, 0.25) is 5.89 Å². The molecule has 2 fully saturated rings. The van der Waals surface area contributed by atoms with Crippen LogP contribution in [-0.2, 0) is 6.42 Å². The van der Waals surface area contributed by atoms with Crippen LogP contribution in [0, 0.1) is 11.8 Å². The number of aromatic nitrogens is 2. The van der Waals surface area contributed by atoms with E-state index in [1.807, 2.05) is 17.0 Å². The molecular formula is C18H22ClF3N4O2. The first-order valence-electron chi connectivity index (χ1n) is 8.82. The molecule has 0 radical (unpaired) electrons. The van der Waals surface area contributed by atoms with Crippen LogP contribution in [0.15, 0.2) is 28.7 Å². The summed E-state index contributed by atoms with van der Waals surface area (Å²) in [6, 6.07) is 8.46. The molecule has 0 N–H and O–H groups in total. The number of hydrogen-bond donors (Lipinski definition) is 0. The molecule has 3 atom stereocenters. The predicted molar refractivity (Wildman–Crippen MR) is 98.9 cm³/mol. The first-order chi connectivity index (χ1) is 12.8. The van der Waals surface area contributed by atoms with E-state index in [1.165, 1.54) is 5.56 Å². The molecule has 3 heterocycles. The standard InChI is InChI=1S/C18H21F3N4O2.ClH/c1-24-8-12-9-25(17-23-22-15(27-17)7-18(19,20)21)10-14(12)16(24)11-3-5-13(26-2)6-4-11;/h3-6,12,14,16H,7-10H2,1-2H3;1H/t12-,14+,16+;/m0./s1. The van der Waals surface area contributed by atoms with Crippen molar-refractivity contribution in [3.8, 4) is 5.75 Å². The fourth-order valence-corrected chi connectivity index (χ4v) is 4.33. The van der Waals surface area contributed by atoms with Gasteiger partial charge in [-0.05, 0) is 30.7 Å². The lowest BCUT2D eigenvalue weighted by atomic mass is 9.89. The van der Waals surface area contributed by atoms with Gasteiger partial charge in [-0.1, -0.05) is 17.2 Å². The zero-order valence-corrected chi connectivity index (χ0v) is 16.3. The van der Waals surface area contributed by atoms with Gasteiger partial charge in [0.1, 0.15) is 12.2 Å². The number of anilines is 1. The maximum absolute atomic E-state index is 12.5. The van der Waals surface area contributed by atoms with Crippen LogP contribution in [0.1, 0.15) is 17.5 Å². The van der Waals surface area contributed by atoms with Crippen LogP contribution in [0.2, 0.25) is 0 Å². The molecule has 0 bridgehead atoms. The Bertz CT molecular complexity index is 799. The first kappa shape index (κ1) is 20.7. The van der Waals surface area contributed by atoms with Crippen LogP contribution in [0.4, 0.5) is 19.2 Å². The van der Waals surface area contributed by atoms with Gasteiger partial charge in [-0.25, -0.2) is 0 Å². The molecule has 0 unspecified atom stereocenters. The largest absolute Gasteiger partial charge is 0.497 e. The molecule has 10 heteroatoms. The SMILES string of the molecule is COc1ccc([C@@H]2[C@@H]3CN(c4nnc(CC(F)(F)F)o4)C[C@@H]3CN2C)cc1.Cl. The van der Waals surface area contributed by atoms with Crippen molar-refractivity contribution in [2.45, 2.75) is 18.6 Å². The third-order valence-electron chi connectivity index (χ3n) is 5.43. The summed E-state index contributed by atoms with van der Waals surface area (Å²) in [7, 11) is 3.74. The number of alkyl halides is 3. The Kier molecular flexibility index (Phi) is 5.77. The number of rotatable bonds is 4. The lowest BCUT2D eigenvalue weighted by Gasteiger charge is -2.26. The highest BCUT2D eigenvalue weighted by Crippen LogP contribution is 2.45. The summed E-state index contributed by atoms with van der Waals surface area (Å²) in [5, 5.41) is 7.38. The fraction of sp³-hybridized carbons (Fsp3) is 0.556. The second-order valence-electron chi connectivity index (χ2n) is 7.26. The van der Waals surface area contributed by atoms with Gasteiger partial charge >= 0.3 is 12.2 Å². The summed E-state index contributed by atoms with van der Waals surface area (Å²) in [5.74, 6) is 1.17. The molecular weight excluding hydrogens is 397 g/mol. The van der Waals surface area contributed by atoms with Gasteiger partial charge in [-0.15, -0.1) is 17.5 Å². The van der Waals surface area contributed by atoms with Crippen molar-refractivity contribution in [2.75, 3.05) is 38.7 Å². The highest BCUT2D eigenvalue weighted by atomic mass is 35.5. The average molecular weight is 419 g/mol. The first-order valence-corrected chi connectivity index (χ1v) is 8.82. The number of halogens is 4. The topological polar surface area (TPSA) is 54.6 Å². The van der Waals surface area contributed by atoms with Gasteiger partial charge in [-0.3, -0.25) is 4.90 Å². The van der Waals surface area contributed by atoms with Gasteiger partial charge < -0.3 is 14.1 Å². The van der Waals surface area contributed by atoms with Crippen LogP contribution >= 0.6 is 12.4 Å². The maximum atomic E-state index is 12.5. The number of benzene rings is 1. The smallest absolute Gasteiger partial charge is 0.397 e. The lowest BCUT2D eigenvalue weighted by molar-refractivity contribution is -0.130. The molecule has 28 heavy (non-hydrogen) atoms. The maximum Gasteiger partial charge on any atom is 0.397 e. The van der Waals surface area contributed by atoms with Gasteiger partial charge in [-0.2, -0.15) is 13.2 Å². The van der Waals surface area contributed by atoms with Crippen molar-refractivity contribution in [3.63, 3.8) is 0 Å². The van der Waals surface area contributed by atoms with Gasteiger partial charge in [0.25, 0.3) is 0 Å². The lowest BCUT2D eigenvalue weighted by Crippen LogP contribution is -2.29. The fourth-order valence-electron chi connectivity index (χ4n) is 4.33. The second kappa shape index (κ2) is 7.79. The van der Waals surface area contributed by atoms with E-state index in [4.69, 9.17) is 9.15 Å². The van der Waals surface area contributed by atoms with Crippen molar-refractivity contribution in [2.24, 2.45) is 11.8 Å². The molecule has 0 spiro atoms. The van der Waals surface area contributed by atoms with E-state index in [-0.39, 0.29) is 24.5 Å². The van der Waals surface area contributed by atoms with Crippen molar-refractivity contribution >= 4 is 18.4 Å². The molecule has 2 aliphatic rings. The Hall–Kier alpha value is -2.00. The number of ether oxygens (including phenoxy) is 1. The molecule has 2 saturated heterocycles. The molecule has 1 aromatic carbocycles. The van der Waals surface area contributed by atoms with Crippen LogP contribution in [0.25, 0.3) is 0 Å². The molecule has 0 amide bonds. The summed E-state index contributed by atoms with van der Waals surface area (Å²) in [6.45, 7) is 2.30. The van der Waals surface area contributed by atoms with E-state index in [0.29, 0.717) is 24.9 Å². The summed E-state index contributed by atoms with van der Waals surface area (Å²) in [4.78, 5) is 4.24. The van der Waals surface area contributed by atoms with Crippen molar-refractivity contribution in [1.29, 1.82) is 0 Å². The minimum Gasteiger partial charge on any atom is -0.497 e. The van der Waals surface area contributed by atoms with E-state index in [0.717, 1.165) is 12.3 Å². The number of hydrogen-bond acceptors (Lipinski definition) is 6. The second-order valence-corrected chi connectivity index (χ2v) is 7.26. The summed E-state index contributed by atoms with van der Waals surface area (Å²) in [6.07, 6.45) is -5.55. The van der Waals surface area contributed by atoms with Gasteiger partial charge in [0.05, 0.1) is 7.11 Å². The van der Waals surface area contributed by atoms with Crippen molar-refractivity contribution in [1.82, 2.24) is 15.1 Å². The monoisotopic (exact) mass is 418 g/mol. The van der Waals surface area contributed by atoms with Crippen molar-refractivity contribution in [3.05, 3.63) is 35.7 Å². The Morgan fingerprint density at radius 1 is 1.14 bits per heavy atom. The van der Waals surface area contributed by atoms with Gasteiger partial charge in [0.15, 0.2) is 0 Å². The molecule has 2 aliphatic heterocycles. The Morgan fingerprint density at radius 3 is 2.50 bits per heavy atom. The molecule has 2 aromatic rings. The highest BCUT2D eigenvalue weighted by Gasteiger charge is 2.47. The molecule has 6 nitrogen and oxygen atoms in total. The summed E-state index contributed by atoms with van der Waals surface area (Å²) >= 11 is 0. The number of methoxy groups -OCH3 is 1. The number of nitrogens with zero attached hydrogens (tertiary/aromatic N) is 4. The van der Waals surface area contributed by atoms with E-state index in [9.17, 15) is 13.2 Å². The number of fused-ring (bicyclic) bond motifs is 1. The van der Waals surface area contributed by atoms with Crippen LogP contribution in [0.3, 0.4) is 0 Å². The highest BCUT2D eigenvalue weighted by molar-refractivity contribution is 5.85. The molecule has 154 valence electrons. The Balaban J connectivity index is 0.00000225. The molecule has 0 saturated carbocycles. The van der Waals surface area contributed by atoms with E-state index >= 15 is 0 Å². The number of likely N-dealkylation sites (tertiary alicyclic amines) is 1. The predicted octanol–water partition coefficient (Wildman–Crippen LogP) is 3.34. The normalized spacial score (nSPS) is 24.9. The van der Waals surface area contributed by atoms with Crippen LogP contribution in [0.5, 0.6) is 5.75 Å². The molecule has 1 aromatic heterocycles. The van der Waals surface area contributed by atoms with E-state index in [1.54, 1.807) is 7.11 Å². The summed E-state index contributed by atoms with van der Waals surface area (Å²) < 4.78 is 48.0. The zero-order chi connectivity index (χ0) is 19.2. The molecule has 0 aliphatic carbocycles. The summed E-state index contributed by atoms with van der Waals surface area (Å²) in [5.41, 5.74) is 1.20. The average Bonchev–Trinajstić information content (AvgIpc) is 3.28. The van der Waals surface area contributed by atoms with Crippen LogP contribution in [-0.4, -0.2) is 55.1 Å². The van der Waals surface area contributed by atoms with Crippen molar-refractivity contribution < 1.29 is 22.3 Å². The minimum absolute atomic E-state index is 0.